The number of benzene rings is 2. The van der Waals surface area contributed by atoms with E-state index in [0.717, 1.165) is 97.5 Å². The minimum Gasteiger partial charge on any atom is -0.285 e. The molecule has 6 aliphatic rings. The van der Waals surface area contributed by atoms with E-state index in [1.54, 1.807) is 0 Å². The lowest BCUT2D eigenvalue weighted by atomic mass is 9.68. The second kappa shape index (κ2) is 10.9. The number of aromatic nitrogens is 2. The zero-order chi connectivity index (χ0) is 35.8. The van der Waals surface area contributed by atoms with Gasteiger partial charge in [0.2, 0.25) is 23.1 Å². The molecule has 0 saturated heterocycles. The summed E-state index contributed by atoms with van der Waals surface area (Å²) < 4.78 is 57.9. The molecule has 2 aromatic carbocycles. The van der Waals surface area contributed by atoms with Crippen molar-refractivity contribution >= 4 is 80.3 Å². The van der Waals surface area contributed by atoms with Crippen LogP contribution in [0.3, 0.4) is 0 Å². The van der Waals surface area contributed by atoms with Gasteiger partial charge in [-0.05, 0) is 61.1 Å². The molecule has 4 aromatic rings. The van der Waals surface area contributed by atoms with Gasteiger partial charge in [-0.25, -0.2) is 27.5 Å². The number of allylic oxidation sites excluding steroid dienone is 4. The number of ketones is 4. The molecule has 6 aliphatic carbocycles. The highest BCUT2D eigenvalue weighted by molar-refractivity contribution is 7.15. The van der Waals surface area contributed by atoms with E-state index < -0.39 is 68.4 Å². The summed E-state index contributed by atoms with van der Waals surface area (Å²) in [6, 6.07) is 3.24. The Morgan fingerprint density at radius 3 is 1.31 bits per heavy atom. The predicted molar refractivity (Wildman–Crippen MR) is 188 cm³/mol. The van der Waals surface area contributed by atoms with E-state index in [0.29, 0.717) is 22.1 Å². The van der Waals surface area contributed by atoms with Gasteiger partial charge in [0.15, 0.2) is 0 Å². The molecule has 260 valence electrons. The van der Waals surface area contributed by atoms with Gasteiger partial charge in [-0.2, -0.15) is 0 Å². The molecule has 2 fully saturated rings. The number of thiazole rings is 2. The van der Waals surface area contributed by atoms with Crippen molar-refractivity contribution in [3.63, 3.8) is 0 Å². The first-order valence-corrected chi connectivity index (χ1v) is 19.0. The number of halogens is 4. The average molecular weight is 739 g/mol. The Hall–Kier alpha value is -4.68. The summed E-state index contributed by atoms with van der Waals surface area (Å²) in [7, 11) is 0. The summed E-state index contributed by atoms with van der Waals surface area (Å²) in [6.45, 7) is 0. The van der Waals surface area contributed by atoms with Crippen LogP contribution < -0.4 is 0 Å². The van der Waals surface area contributed by atoms with Gasteiger partial charge >= 0.3 is 0 Å². The van der Waals surface area contributed by atoms with Crippen LogP contribution in [-0.2, 0) is 20.4 Å². The van der Waals surface area contributed by atoms with Crippen LogP contribution in [0.4, 0.5) is 17.6 Å². The molecule has 0 radical (unpaired) electrons. The SMILES string of the molecule is O=C1C(=O)c2c(F)cc(F)cc2/C1=C/c1nc2c(s1)C1=C(c3sc(/C=C4\C(=O)C(=O)c5c(F)cc(F)cc54)nc3C13CCCCC3)C21CCCCC1. The molecule has 2 aromatic heterocycles. The number of carbonyl (C=O) groups excluding carboxylic acids is 4. The van der Waals surface area contributed by atoms with Gasteiger partial charge in [-0.3, -0.25) is 19.2 Å². The first-order valence-electron chi connectivity index (χ1n) is 17.4. The van der Waals surface area contributed by atoms with Crippen molar-refractivity contribution in [2.75, 3.05) is 0 Å². The Balaban J connectivity index is 1.15. The molecule has 0 N–H and O–H groups in total. The summed E-state index contributed by atoms with van der Waals surface area (Å²) in [6.07, 6.45) is 12.3. The van der Waals surface area contributed by atoms with Crippen molar-refractivity contribution in [1.29, 1.82) is 0 Å². The fourth-order valence-corrected chi connectivity index (χ4v) is 12.2. The number of fused-ring (bicyclic) bond motifs is 10. The summed E-state index contributed by atoms with van der Waals surface area (Å²) in [5, 5.41) is 0.967. The van der Waals surface area contributed by atoms with Gasteiger partial charge in [0.25, 0.3) is 0 Å². The zero-order valence-electron chi connectivity index (χ0n) is 27.4. The summed E-state index contributed by atoms with van der Waals surface area (Å²) in [4.78, 5) is 64.1. The number of nitrogens with zero attached hydrogens (tertiary/aromatic N) is 2. The molecule has 0 bridgehead atoms. The molecule has 2 saturated carbocycles. The van der Waals surface area contributed by atoms with E-state index in [2.05, 4.69) is 0 Å². The first-order chi connectivity index (χ1) is 25.0. The van der Waals surface area contributed by atoms with E-state index in [4.69, 9.17) is 9.97 Å². The monoisotopic (exact) mass is 738 g/mol. The Labute approximate surface area is 302 Å². The Bertz CT molecular complexity index is 2340. The van der Waals surface area contributed by atoms with E-state index >= 15 is 0 Å². The van der Waals surface area contributed by atoms with E-state index in [9.17, 15) is 36.7 Å². The van der Waals surface area contributed by atoms with Gasteiger partial charge in [0, 0.05) is 45.2 Å². The summed E-state index contributed by atoms with van der Waals surface area (Å²) in [5.41, 5.74) is 2.18. The molecule has 12 heteroatoms. The minimum absolute atomic E-state index is 0.0664. The van der Waals surface area contributed by atoms with E-state index in [-0.39, 0.29) is 22.3 Å². The van der Waals surface area contributed by atoms with Gasteiger partial charge in [-0.15, -0.1) is 22.7 Å². The maximum absolute atomic E-state index is 14.7. The van der Waals surface area contributed by atoms with Crippen LogP contribution in [-0.4, -0.2) is 33.1 Å². The van der Waals surface area contributed by atoms with Crippen molar-refractivity contribution in [3.05, 3.63) is 101 Å². The van der Waals surface area contributed by atoms with Crippen LogP contribution in [0.5, 0.6) is 0 Å². The molecule has 0 atom stereocenters. The first kappa shape index (κ1) is 32.0. The van der Waals surface area contributed by atoms with E-state index in [1.807, 2.05) is 0 Å². The van der Waals surface area contributed by atoms with Gasteiger partial charge in [-0.1, -0.05) is 38.5 Å². The second-order valence-corrected chi connectivity index (χ2v) is 16.6. The molecule has 0 aliphatic heterocycles. The van der Waals surface area contributed by atoms with Crippen LogP contribution in [0.2, 0.25) is 0 Å². The van der Waals surface area contributed by atoms with Crippen LogP contribution in [0.15, 0.2) is 24.3 Å². The van der Waals surface area contributed by atoms with Gasteiger partial charge in [0.1, 0.15) is 33.3 Å². The predicted octanol–water partition coefficient (Wildman–Crippen LogP) is 9.11. The average Bonchev–Trinajstić information content (AvgIpc) is 3.92. The van der Waals surface area contributed by atoms with Crippen LogP contribution in [0.25, 0.3) is 34.4 Å². The number of hydrogen-bond acceptors (Lipinski definition) is 8. The van der Waals surface area contributed by atoms with Gasteiger partial charge < -0.3 is 0 Å². The molecule has 0 unspecified atom stereocenters. The number of rotatable bonds is 2. The third kappa shape index (κ3) is 4.10. The van der Waals surface area contributed by atoms with Crippen LogP contribution in [0, 0.1) is 23.3 Å². The fourth-order valence-electron chi connectivity index (χ4n) is 9.73. The lowest BCUT2D eigenvalue weighted by Gasteiger charge is -2.35. The van der Waals surface area contributed by atoms with Crippen molar-refractivity contribution in [2.24, 2.45) is 0 Å². The molecule has 10 rings (SSSR count). The second-order valence-electron chi connectivity index (χ2n) is 14.5. The molecule has 2 spiro atoms. The molecule has 52 heavy (non-hydrogen) atoms. The highest BCUT2D eigenvalue weighted by Crippen LogP contribution is 2.70. The molecule has 2 heterocycles. The highest BCUT2D eigenvalue weighted by atomic mass is 32.1. The quantitative estimate of drug-likeness (QED) is 0.116. The van der Waals surface area contributed by atoms with Crippen molar-refractivity contribution in [2.45, 2.75) is 75.0 Å². The topological polar surface area (TPSA) is 94.1 Å². The van der Waals surface area contributed by atoms with Crippen molar-refractivity contribution in [1.82, 2.24) is 9.97 Å². The molecule has 0 amide bonds. The van der Waals surface area contributed by atoms with Crippen molar-refractivity contribution < 1.29 is 36.7 Å². The molecular formula is C40H26F4N2O4S2. The number of carbonyl (C=O) groups is 4. The van der Waals surface area contributed by atoms with Crippen LogP contribution in [0.1, 0.15) is 127 Å². The molecule has 6 nitrogen and oxygen atoms in total. The summed E-state index contributed by atoms with van der Waals surface area (Å²) >= 11 is 2.84. The number of Topliss-reactive ketones (excluding diaryl/α,β-unsaturated/α-hetero) is 4. The normalized spacial score (nSPS) is 22.3. The Morgan fingerprint density at radius 2 is 0.923 bits per heavy atom. The molecular weight excluding hydrogens is 713 g/mol. The third-order valence-electron chi connectivity index (χ3n) is 11.9. The Kier molecular flexibility index (Phi) is 6.72. The smallest absolute Gasteiger partial charge is 0.237 e. The van der Waals surface area contributed by atoms with Gasteiger partial charge in [0.05, 0.1) is 32.3 Å². The van der Waals surface area contributed by atoms with Crippen LogP contribution >= 0.6 is 22.7 Å². The largest absolute Gasteiger partial charge is 0.285 e. The third-order valence-corrected chi connectivity index (χ3v) is 13.9. The lowest BCUT2D eigenvalue weighted by Crippen LogP contribution is -2.29. The fraction of sp³-hybridized carbons (Fsp3) is 0.300. The highest BCUT2D eigenvalue weighted by Gasteiger charge is 2.60. The Morgan fingerprint density at radius 1 is 0.538 bits per heavy atom. The standard InChI is InChI=1S/C40H26F4N2O4S2/c41-17-11-19-21(31(47)33(49)27(19)23(43)13-17)15-25-45-37-36(52-25)30-29(39(37)7-3-1-4-8-39)35-38(40(30)9-5-2-6-10-40)46-26(51-35)16-22-20-12-18(42)14-24(44)28(20)34(50)32(22)48/h11-16H,1-10H2/b21-15-,22-16-. The maximum atomic E-state index is 14.7. The summed E-state index contributed by atoms with van der Waals surface area (Å²) in [5.74, 6) is -7.69. The zero-order valence-corrected chi connectivity index (χ0v) is 29.0. The van der Waals surface area contributed by atoms with Crippen molar-refractivity contribution in [3.8, 4) is 0 Å². The lowest BCUT2D eigenvalue weighted by molar-refractivity contribution is -0.110. The minimum atomic E-state index is -1.07. The maximum Gasteiger partial charge on any atom is 0.237 e. The number of hydrogen-bond donors (Lipinski definition) is 0. The van der Waals surface area contributed by atoms with E-state index in [1.165, 1.54) is 46.0 Å².